The molecule has 0 N–H and O–H groups in total. The maximum absolute atomic E-state index is 5.84. The van der Waals surface area contributed by atoms with Crippen molar-refractivity contribution in [3.8, 4) is 0 Å². The second kappa shape index (κ2) is 4.02. The fraction of sp³-hybridized carbons (Fsp3) is 0.455. The van der Waals surface area contributed by atoms with E-state index in [0.29, 0.717) is 10.7 Å². The summed E-state index contributed by atoms with van der Waals surface area (Å²) in [4.78, 5) is 0.661. The minimum Gasteiger partial charge on any atom is -0.0884 e. The molecule has 2 atom stereocenters. The maximum atomic E-state index is 5.84. The van der Waals surface area contributed by atoms with Crippen LogP contribution in [0.1, 0.15) is 30.7 Å². The molecule has 2 rings (SSSR count). The molecule has 1 aromatic rings. The summed E-state index contributed by atoms with van der Waals surface area (Å²) in [6.07, 6.45) is 3.94. The van der Waals surface area contributed by atoms with E-state index < -0.39 is 0 Å². The van der Waals surface area contributed by atoms with Crippen molar-refractivity contribution in [3.63, 3.8) is 0 Å². The highest BCUT2D eigenvalue weighted by molar-refractivity contribution is 9.09. The van der Waals surface area contributed by atoms with Crippen molar-refractivity contribution in [2.45, 2.75) is 30.0 Å². The Kier molecular flexibility index (Phi) is 2.95. The van der Waals surface area contributed by atoms with Gasteiger partial charge in [-0.05, 0) is 36.5 Å². The molecule has 1 saturated carbocycles. The summed E-state index contributed by atoms with van der Waals surface area (Å²) < 4.78 is 0. The van der Waals surface area contributed by atoms with Crippen molar-refractivity contribution < 1.29 is 0 Å². The summed E-state index contributed by atoms with van der Waals surface area (Å²) in [6.45, 7) is 0. The molecule has 1 aliphatic rings. The molecule has 0 nitrogen and oxygen atoms in total. The van der Waals surface area contributed by atoms with E-state index in [1.807, 2.05) is 12.1 Å². The average Bonchev–Trinajstić information content (AvgIpc) is 2.53. The molecule has 70 valence electrons. The van der Waals surface area contributed by atoms with E-state index in [-0.39, 0.29) is 0 Å². The third-order valence-electron chi connectivity index (χ3n) is 2.73. The molecular formula is C11H12BrCl. The normalized spacial score (nSPS) is 27.8. The first-order valence-electron chi connectivity index (χ1n) is 4.67. The lowest BCUT2D eigenvalue weighted by atomic mass is 9.98. The quantitative estimate of drug-likeness (QED) is 0.657. The van der Waals surface area contributed by atoms with Crippen LogP contribution in [0.2, 0.25) is 5.02 Å². The predicted molar refractivity (Wildman–Crippen MR) is 60.8 cm³/mol. The molecular weight excluding hydrogens is 247 g/mol. The van der Waals surface area contributed by atoms with Gasteiger partial charge in [-0.2, -0.15) is 0 Å². The van der Waals surface area contributed by atoms with Crippen LogP contribution in [0.3, 0.4) is 0 Å². The average molecular weight is 260 g/mol. The van der Waals surface area contributed by atoms with Gasteiger partial charge in [0.15, 0.2) is 0 Å². The summed E-state index contributed by atoms with van der Waals surface area (Å²) >= 11 is 9.57. The van der Waals surface area contributed by atoms with Crippen LogP contribution >= 0.6 is 27.5 Å². The van der Waals surface area contributed by atoms with Crippen LogP contribution in [-0.2, 0) is 0 Å². The number of hydrogen-bond donors (Lipinski definition) is 0. The van der Waals surface area contributed by atoms with Gasteiger partial charge in [-0.1, -0.05) is 46.1 Å². The second-order valence-corrected chi connectivity index (χ2v) is 5.22. The highest BCUT2D eigenvalue weighted by atomic mass is 79.9. The summed E-state index contributed by atoms with van der Waals surface area (Å²) in [7, 11) is 0. The van der Waals surface area contributed by atoms with Gasteiger partial charge in [-0.15, -0.1) is 0 Å². The Morgan fingerprint density at radius 2 is 1.85 bits per heavy atom. The Balaban J connectivity index is 2.20. The van der Waals surface area contributed by atoms with E-state index in [4.69, 9.17) is 11.6 Å². The largest absolute Gasteiger partial charge is 0.0884 e. The third kappa shape index (κ3) is 2.08. The molecule has 1 aliphatic carbocycles. The Bertz CT molecular complexity index is 281. The number of halogens is 2. The molecule has 0 bridgehead atoms. The fourth-order valence-electron chi connectivity index (χ4n) is 2.00. The summed E-state index contributed by atoms with van der Waals surface area (Å²) in [5.74, 6) is 0.692. The zero-order valence-corrected chi connectivity index (χ0v) is 9.68. The van der Waals surface area contributed by atoms with E-state index >= 15 is 0 Å². The monoisotopic (exact) mass is 258 g/mol. The topological polar surface area (TPSA) is 0 Å². The number of rotatable bonds is 1. The van der Waals surface area contributed by atoms with Crippen LogP contribution in [0.5, 0.6) is 0 Å². The van der Waals surface area contributed by atoms with Gasteiger partial charge in [0.05, 0.1) is 0 Å². The number of alkyl halides is 1. The SMILES string of the molecule is Clc1ccc(C2CCCC2Br)cc1. The molecule has 0 aromatic heterocycles. The van der Waals surface area contributed by atoms with E-state index in [1.165, 1.54) is 24.8 Å². The summed E-state index contributed by atoms with van der Waals surface area (Å²) in [6, 6.07) is 8.25. The Morgan fingerprint density at radius 3 is 2.38 bits per heavy atom. The predicted octanol–water partition coefficient (Wildman–Crippen LogP) is 4.37. The van der Waals surface area contributed by atoms with Crippen molar-refractivity contribution >= 4 is 27.5 Å². The van der Waals surface area contributed by atoms with Crippen molar-refractivity contribution in [2.24, 2.45) is 0 Å². The zero-order valence-electron chi connectivity index (χ0n) is 7.34. The molecule has 0 saturated heterocycles. The van der Waals surface area contributed by atoms with Gasteiger partial charge in [0, 0.05) is 9.85 Å². The standard InChI is InChI=1S/C11H12BrCl/c12-11-3-1-2-10(11)8-4-6-9(13)7-5-8/h4-7,10-11H,1-3H2. The Labute approximate surface area is 92.4 Å². The molecule has 1 aromatic carbocycles. The van der Waals surface area contributed by atoms with E-state index in [9.17, 15) is 0 Å². The van der Waals surface area contributed by atoms with Crippen molar-refractivity contribution in [2.75, 3.05) is 0 Å². The highest BCUT2D eigenvalue weighted by Gasteiger charge is 2.25. The van der Waals surface area contributed by atoms with Crippen molar-refractivity contribution in [1.82, 2.24) is 0 Å². The molecule has 0 radical (unpaired) electrons. The summed E-state index contributed by atoms with van der Waals surface area (Å²) in [5, 5.41) is 0.827. The molecule has 1 fully saturated rings. The van der Waals surface area contributed by atoms with Gasteiger partial charge in [0.1, 0.15) is 0 Å². The molecule has 2 heteroatoms. The Hall–Kier alpha value is -0.0100. The van der Waals surface area contributed by atoms with Crippen LogP contribution < -0.4 is 0 Å². The van der Waals surface area contributed by atoms with Gasteiger partial charge in [0.25, 0.3) is 0 Å². The molecule has 0 amide bonds. The van der Waals surface area contributed by atoms with E-state index in [1.54, 1.807) is 0 Å². The molecule has 2 unspecified atom stereocenters. The highest BCUT2D eigenvalue weighted by Crippen LogP contribution is 2.39. The minimum atomic E-state index is 0.661. The van der Waals surface area contributed by atoms with E-state index in [0.717, 1.165) is 5.02 Å². The summed E-state index contributed by atoms with van der Waals surface area (Å²) in [5.41, 5.74) is 1.42. The lowest BCUT2D eigenvalue weighted by Crippen LogP contribution is -2.03. The maximum Gasteiger partial charge on any atom is 0.0406 e. The first kappa shape index (κ1) is 9.54. The molecule has 13 heavy (non-hydrogen) atoms. The smallest absolute Gasteiger partial charge is 0.0406 e. The van der Waals surface area contributed by atoms with Crippen LogP contribution in [0.15, 0.2) is 24.3 Å². The van der Waals surface area contributed by atoms with Gasteiger partial charge >= 0.3 is 0 Å². The first-order valence-corrected chi connectivity index (χ1v) is 5.96. The lowest BCUT2D eigenvalue weighted by Gasteiger charge is -2.13. The van der Waals surface area contributed by atoms with Crippen molar-refractivity contribution in [1.29, 1.82) is 0 Å². The van der Waals surface area contributed by atoms with Crippen LogP contribution in [0.25, 0.3) is 0 Å². The second-order valence-electron chi connectivity index (χ2n) is 3.60. The fourth-order valence-corrected chi connectivity index (χ4v) is 3.02. The van der Waals surface area contributed by atoms with Crippen LogP contribution in [-0.4, -0.2) is 4.83 Å². The Morgan fingerprint density at radius 1 is 1.15 bits per heavy atom. The van der Waals surface area contributed by atoms with Gasteiger partial charge in [-0.25, -0.2) is 0 Å². The lowest BCUT2D eigenvalue weighted by molar-refractivity contribution is 0.743. The van der Waals surface area contributed by atoms with Gasteiger partial charge < -0.3 is 0 Å². The van der Waals surface area contributed by atoms with Gasteiger partial charge in [-0.3, -0.25) is 0 Å². The van der Waals surface area contributed by atoms with Gasteiger partial charge in [0.2, 0.25) is 0 Å². The number of hydrogen-bond acceptors (Lipinski definition) is 0. The third-order valence-corrected chi connectivity index (χ3v) is 4.08. The molecule has 0 aliphatic heterocycles. The zero-order chi connectivity index (χ0) is 9.26. The number of benzene rings is 1. The molecule has 0 spiro atoms. The van der Waals surface area contributed by atoms with Crippen molar-refractivity contribution in [3.05, 3.63) is 34.9 Å². The van der Waals surface area contributed by atoms with Crippen LogP contribution in [0, 0.1) is 0 Å². The minimum absolute atomic E-state index is 0.661. The van der Waals surface area contributed by atoms with E-state index in [2.05, 4.69) is 28.1 Å². The first-order chi connectivity index (χ1) is 6.27. The molecule has 0 heterocycles. The van der Waals surface area contributed by atoms with Crippen LogP contribution in [0.4, 0.5) is 0 Å².